The van der Waals surface area contributed by atoms with E-state index in [9.17, 15) is 4.79 Å². The highest BCUT2D eigenvalue weighted by Crippen LogP contribution is 2.09. The van der Waals surface area contributed by atoms with Crippen LogP contribution in [-0.4, -0.2) is 17.9 Å². The maximum Gasteiger partial charge on any atom is 0.348 e. The van der Waals surface area contributed by atoms with Gasteiger partial charge in [-0.15, -0.1) is 11.3 Å². The van der Waals surface area contributed by atoms with Gasteiger partial charge in [0.15, 0.2) is 0 Å². The number of carbonyl (C=O) groups excluding carboxylic acids is 1. The van der Waals surface area contributed by atoms with E-state index in [2.05, 4.69) is 15.9 Å². The molecule has 1 aromatic heterocycles. The Bertz CT molecular complexity index is 233. The van der Waals surface area contributed by atoms with Crippen molar-refractivity contribution in [2.45, 2.75) is 6.42 Å². The highest BCUT2D eigenvalue weighted by atomic mass is 79.9. The van der Waals surface area contributed by atoms with E-state index in [1.165, 1.54) is 11.3 Å². The SMILES string of the molecule is O=C(OCCCBr)c1cccs1. The summed E-state index contributed by atoms with van der Waals surface area (Å²) in [6.45, 7) is 0.488. The first-order valence-electron chi connectivity index (χ1n) is 3.61. The smallest absolute Gasteiger partial charge is 0.348 e. The standard InChI is InChI=1S/C8H9BrO2S/c9-4-2-5-11-8(10)7-3-1-6-12-7/h1,3,6H,2,4-5H2. The molecular weight excluding hydrogens is 240 g/mol. The van der Waals surface area contributed by atoms with Crippen LogP contribution in [0.1, 0.15) is 16.1 Å². The lowest BCUT2D eigenvalue weighted by atomic mass is 10.5. The maximum absolute atomic E-state index is 11.2. The first-order valence-corrected chi connectivity index (χ1v) is 5.61. The van der Waals surface area contributed by atoms with Gasteiger partial charge in [0.1, 0.15) is 4.88 Å². The number of rotatable bonds is 4. The third-order valence-corrected chi connectivity index (χ3v) is 2.64. The van der Waals surface area contributed by atoms with Gasteiger partial charge in [-0.2, -0.15) is 0 Å². The van der Waals surface area contributed by atoms with Crippen molar-refractivity contribution in [2.75, 3.05) is 11.9 Å². The second kappa shape index (κ2) is 5.32. The molecule has 0 amide bonds. The number of alkyl halides is 1. The fourth-order valence-electron chi connectivity index (χ4n) is 0.685. The molecule has 1 rings (SSSR count). The van der Waals surface area contributed by atoms with E-state index in [1.807, 2.05) is 11.4 Å². The summed E-state index contributed by atoms with van der Waals surface area (Å²) in [5, 5.41) is 2.73. The number of carbonyl (C=O) groups is 1. The van der Waals surface area contributed by atoms with Crippen LogP contribution in [0.15, 0.2) is 17.5 Å². The zero-order valence-electron chi connectivity index (χ0n) is 6.46. The molecule has 0 spiro atoms. The zero-order chi connectivity index (χ0) is 8.81. The molecule has 0 saturated carbocycles. The molecule has 0 aliphatic heterocycles. The Morgan fingerprint density at radius 1 is 1.67 bits per heavy atom. The second-order valence-electron chi connectivity index (χ2n) is 2.16. The Hall–Kier alpha value is -0.350. The van der Waals surface area contributed by atoms with Crippen LogP contribution < -0.4 is 0 Å². The van der Waals surface area contributed by atoms with E-state index < -0.39 is 0 Å². The number of halogens is 1. The lowest BCUT2D eigenvalue weighted by Crippen LogP contribution is -2.04. The summed E-state index contributed by atoms with van der Waals surface area (Å²) in [6.07, 6.45) is 0.858. The monoisotopic (exact) mass is 248 g/mol. The van der Waals surface area contributed by atoms with Crippen molar-refractivity contribution >= 4 is 33.2 Å². The maximum atomic E-state index is 11.2. The van der Waals surface area contributed by atoms with Gasteiger partial charge in [0, 0.05) is 5.33 Å². The predicted molar refractivity (Wildman–Crippen MR) is 53.0 cm³/mol. The van der Waals surface area contributed by atoms with Crippen LogP contribution in [0.4, 0.5) is 0 Å². The van der Waals surface area contributed by atoms with E-state index in [0.717, 1.165) is 11.8 Å². The van der Waals surface area contributed by atoms with Gasteiger partial charge in [-0.3, -0.25) is 0 Å². The number of esters is 1. The van der Waals surface area contributed by atoms with E-state index >= 15 is 0 Å². The van der Waals surface area contributed by atoms with Crippen LogP contribution in [0.5, 0.6) is 0 Å². The predicted octanol–water partition coefficient (Wildman–Crippen LogP) is 2.69. The van der Waals surface area contributed by atoms with Gasteiger partial charge < -0.3 is 4.74 Å². The van der Waals surface area contributed by atoms with Crippen LogP contribution in [0.3, 0.4) is 0 Å². The highest BCUT2D eigenvalue weighted by Gasteiger charge is 2.06. The van der Waals surface area contributed by atoms with Gasteiger partial charge in [0.05, 0.1) is 6.61 Å². The number of hydrogen-bond donors (Lipinski definition) is 0. The molecule has 4 heteroatoms. The molecule has 0 radical (unpaired) electrons. The van der Waals surface area contributed by atoms with Gasteiger partial charge in [-0.25, -0.2) is 4.79 Å². The molecule has 0 atom stereocenters. The summed E-state index contributed by atoms with van der Waals surface area (Å²) in [5.41, 5.74) is 0. The minimum absolute atomic E-state index is 0.217. The number of ether oxygens (including phenoxy) is 1. The normalized spacial score (nSPS) is 9.75. The van der Waals surface area contributed by atoms with E-state index in [0.29, 0.717) is 11.5 Å². The van der Waals surface area contributed by atoms with Crippen molar-refractivity contribution < 1.29 is 9.53 Å². The van der Waals surface area contributed by atoms with Gasteiger partial charge >= 0.3 is 5.97 Å². The van der Waals surface area contributed by atoms with Gasteiger partial charge in [0.25, 0.3) is 0 Å². The Morgan fingerprint density at radius 3 is 3.08 bits per heavy atom. The summed E-state index contributed by atoms with van der Waals surface area (Å²) in [6, 6.07) is 3.60. The van der Waals surface area contributed by atoms with E-state index in [1.54, 1.807) is 6.07 Å². The van der Waals surface area contributed by atoms with Crippen molar-refractivity contribution in [1.82, 2.24) is 0 Å². The largest absolute Gasteiger partial charge is 0.461 e. The molecule has 0 aromatic carbocycles. The minimum atomic E-state index is -0.217. The lowest BCUT2D eigenvalue weighted by Gasteiger charge is -1.99. The fourth-order valence-corrected chi connectivity index (χ4v) is 1.53. The van der Waals surface area contributed by atoms with Gasteiger partial charge in [-0.1, -0.05) is 22.0 Å². The van der Waals surface area contributed by atoms with Crippen LogP contribution in [0.2, 0.25) is 0 Å². The minimum Gasteiger partial charge on any atom is -0.461 e. The van der Waals surface area contributed by atoms with Crippen molar-refractivity contribution in [2.24, 2.45) is 0 Å². The molecule has 1 aromatic rings. The van der Waals surface area contributed by atoms with Crippen LogP contribution in [0, 0.1) is 0 Å². The average Bonchev–Trinajstić information content (AvgIpc) is 2.56. The Balaban J connectivity index is 2.30. The molecular formula is C8H9BrO2S. The van der Waals surface area contributed by atoms with Gasteiger partial charge in [0.2, 0.25) is 0 Å². The summed E-state index contributed by atoms with van der Waals surface area (Å²) in [7, 11) is 0. The molecule has 0 saturated heterocycles. The highest BCUT2D eigenvalue weighted by molar-refractivity contribution is 9.09. The van der Waals surface area contributed by atoms with Crippen molar-refractivity contribution in [3.05, 3.63) is 22.4 Å². The topological polar surface area (TPSA) is 26.3 Å². The van der Waals surface area contributed by atoms with Crippen molar-refractivity contribution in [1.29, 1.82) is 0 Å². The molecule has 66 valence electrons. The summed E-state index contributed by atoms with van der Waals surface area (Å²) >= 11 is 4.66. The van der Waals surface area contributed by atoms with E-state index in [4.69, 9.17) is 4.74 Å². The first-order chi connectivity index (χ1) is 5.84. The van der Waals surface area contributed by atoms with Crippen LogP contribution >= 0.6 is 27.3 Å². The van der Waals surface area contributed by atoms with E-state index in [-0.39, 0.29) is 5.97 Å². The molecule has 0 aliphatic rings. The quantitative estimate of drug-likeness (QED) is 0.466. The molecule has 0 fully saturated rings. The lowest BCUT2D eigenvalue weighted by molar-refractivity contribution is 0.0512. The van der Waals surface area contributed by atoms with Crippen LogP contribution in [-0.2, 0) is 4.74 Å². The van der Waals surface area contributed by atoms with Crippen molar-refractivity contribution in [3.8, 4) is 0 Å². The number of hydrogen-bond acceptors (Lipinski definition) is 3. The third-order valence-electron chi connectivity index (χ3n) is 1.23. The molecule has 12 heavy (non-hydrogen) atoms. The molecule has 0 bridgehead atoms. The fraction of sp³-hybridized carbons (Fsp3) is 0.375. The van der Waals surface area contributed by atoms with Crippen molar-refractivity contribution in [3.63, 3.8) is 0 Å². The molecule has 0 N–H and O–H groups in total. The van der Waals surface area contributed by atoms with Gasteiger partial charge in [-0.05, 0) is 17.9 Å². The summed E-state index contributed by atoms with van der Waals surface area (Å²) < 4.78 is 4.97. The molecule has 0 aliphatic carbocycles. The Kier molecular flexibility index (Phi) is 4.32. The van der Waals surface area contributed by atoms with Crippen LogP contribution in [0.25, 0.3) is 0 Å². The second-order valence-corrected chi connectivity index (χ2v) is 3.90. The summed E-state index contributed by atoms with van der Waals surface area (Å²) in [4.78, 5) is 11.8. The Labute approximate surface area is 83.7 Å². The molecule has 1 heterocycles. The first kappa shape index (κ1) is 9.74. The Morgan fingerprint density at radius 2 is 2.50 bits per heavy atom. The summed E-state index contributed by atoms with van der Waals surface area (Å²) in [5.74, 6) is -0.217. The third kappa shape index (κ3) is 2.95. The number of thiophene rings is 1. The molecule has 2 nitrogen and oxygen atoms in total. The zero-order valence-corrected chi connectivity index (χ0v) is 8.86. The molecule has 0 unspecified atom stereocenters. The average molecular weight is 249 g/mol.